The molecule has 0 bridgehead atoms. The van der Waals surface area contributed by atoms with E-state index in [9.17, 15) is 14.4 Å². The molecular weight excluding hydrogens is 412 g/mol. The Bertz CT molecular complexity index is 931. The molecule has 8 heteroatoms. The molecule has 2 aromatic carbocycles. The molecule has 32 heavy (non-hydrogen) atoms. The summed E-state index contributed by atoms with van der Waals surface area (Å²) in [6.07, 6.45) is -0.0366. The monoisotopic (exact) mass is 440 g/mol. The Kier molecular flexibility index (Phi) is 7.83. The van der Waals surface area contributed by atoms with Crippen molar-refractivity contribution in [1.82, 2.24) is 10.8 Å². The van der Waals surface area contributed by atoms with Crippen molar-refractivity contribution >= 4 is 18.0 Å². The Morgan fingerprint density at radius 1 is 1.03 bits per heavy atom. The van der Waals surface area contributed by atoms with Crippen molar-refractivity contribution in [2.24, 2.45) is 0 Å². The van der Waals surface area contributed by atoms with Crippen molar-refractivity contribution in [3.8, 4) is 11.1 Å². The van der Waals surface area contributed by atoms with Crippen LogP contribution in [0, 0.1) is 0 Å². The molecule has 170 valence electrons. The van der Waals surface area contributed by atoms with Crippen molar-refractivity contribution in [2.75, 3.05) is 6.61 Å². The Morgan fingerprint density at radius 3 is 2.19 bits per heavy atom. The van der Waals surface area contributed by atoms with Crippen molar-refractivity contribution in [2.45, 2.75) is 51.2 Å². The topological polar surface area (TPSA) is 114 Å². The van der Waals surface area contributed by atoms with E-state index >= 15 is 0 Å². The molecule has 8 nitrogen and oxygen atoms in total. The summed E-state index contributed by atoms with van der Waals surface area (Å²) < 4.78 is 5.50. The molecule has 0 radical (unpaired) electrons. The van der Waals surface area contributed by atoms with Crippen molar-refractivity contribution in [3.63, 3.8) is 0 Å². The van der Waals surface area contributed by atoms with E-state index < -0.39 is 30.1 Å². The number of aliphatic carboxylic acids is 1. The van der Waals surface area contributed by atoms with Crippen molar-refractivity contribution < 1.29 is 29.1 Å². The third kappa shape index (κ3) is 5.45. The van der Waals surface area contributed by atoms with Gasteiger partial charge in [0.1, 0.15) is 12.6 Å². The average Bonchev–Trinajstić information content (AvgIpc) is 3.12. The van der Waals surface area contributed by atoms with E-state index in [0.717, 1.165) is 28.7 Å². The highest BCUT2D eigenvalue weighted by atomic mass is 16.7. The lowest BCUT2D eigenvalue weighted by Crippen LogP contribution is -2.48. The number of hydroxylamine groups is 1. The summed E-state index contributed by atoms with van der Waals surface area (Å²) in [4.78, 5) is 40.6. The van der Waals surface area contributed by atoms with Gasteiger partial charge >= 0.3 is 12.1 Å². The van der Waals surface area contributed by atoms with E-state index in [1.165, 1.54) is 6.92 Å². The summed E-state index contributed by atoms with van der Waals surface area (Å²) in [6, 6.07) is 15.1. The molecule has 2 atom stereocenters. The minimum absolute atomic E-state index is 0.0872. The van der Waals surface area contributed by atoms with Crippen molar-refractivity contribution in [1.29, 1.82) is 0 Å². The van der Waals surface area contributed by atoms with Gasteiger partial charge in [-0.2, -0.15) is 0 Å². The van der Waals surface area contributed by atoms with E-state index in [4.69, 9.17) is 14.7 Å². The number of rotatable bonds is 10. The highest BCUT2D eigenvalue weighted by molar-refractivity contribution is 5.85. The van der Waals surface area contributed by atoms with Gasteiger partial charge in [-0.15, -0.1) is 0 Å². The smallest absolute Gasteiger partial charge is 0.407 e. The molecule has 0 aliphatic heterocycles. The van der Waals surface area contributed by atoms with E-state index in [-0.39, 0.29) is 12.5 Å². The van der Waals surface area contributed by atoms with Gasteiger partial charge in [-0.3, -0.25) is 9.63 Å². The molecule has 1 aliphatic carbocycles. The Balaban J connectivity index is 1.61. The second-order valence-corrected chi connectivity index (χ2v) is 7.73. The maximum Gasteiger partial charge on any atom is 0.407 e. The predicted molar refractivity (Wildman–Crippen MR) is 118 cm³/mol. The Hall–Kier alpha value is -3.39. The van der Waals surface area contributed by atoms with Crippen LogP contribution in [0.15, 0.2) is 48.5 Å². The van der Waals surface area contributed by atoms with Crippen molar-refractivity contribution in [3.05, 3.63) is 59.7 Å². The van der Waals surface area contributed by atoms with Crippen LogP contribution in [-0.4, -0.2) is 41.8 Å². The summed E-state index contributed by atoms with van der Waals surface area (Å²) in [6.45, 7) is 3.39. The molecule has 0 heterocycles. The number of benzene rings is 2. The zero-order valence-corrected chi connectivity index (χ0v) is 18.2. The summed E-state index contributed by atoms with van der Waals surface area (Å²) in [5, 5.41) is 11.4. The lowest BCUT2D eigenvalue weighted by Gasteiger charge is -2.20. The largest absolute Gasteiger partial charge is 0.479 e. The first-order valence-corrected chi connectivity index (χ1v) is 10.7. The van der Waals surface area contributed by atoms with Gasteiger partial charge in [0.05, 0.1) is 0 Å². The minimum Gasteiger partial charge on any atom is -0.479 e. The fourth-order valence-corrected chi connectivity index (χ4v) is 3.73. The molecule has 2 unspecified atom stereocenters. The van der Waals surface area contributed by atoms with Crippen LogP contribution in [-0.2, 0) is 19.2 Å². The predicted octanol–water partition coefficient (Wildman–Crippen LogP) is 3.60. The molecule has 3 N–H and O–H groups in total. The van der Waals surface area contributed by atoms with Gasteiger partial charge in [0.15, 0.2) is 6.10 Å². The Labute approximate surface area is 186 Å². The lowest BCUT2D eigenvalue weighted by molar-refractivity contribution is -0.159. The van der Waals surface area contributed by atoms with E-state index in [1.807, 2.05) is 43.3 Å². The van der Waals surface area contributed by atoms with E-state index in [0.29, 0.717) is 12.8 Å². The number of hydrogen-bond donors (Lipinski definition) is 3. The zero-order chi connectivity index (χ0) is 23.1. The molecule has 3 rings (SSSR count). The third-order valence-electron chi connectivity index (χ3n) is 5.48. The number of ether oxygens (including phenoxy) is 1. The van der Waals surface area contributed by atoms with Gasteiger partial charge in [-0.1, -0.05) is 68.3 Å². The first-order chi connectivity index (χ1) is 15.4. The lowest BCUT2D eigenvalue weighted by atomic mass is 9.98. The molecule has 0 saturated heterocycles. The van der Waals surface area contributed by atoms with Crippen LogP contribution in [0.25, 0.3) is 11.1 Å². The molecular formula is C24H28N2O6. The SMILES string of the molecule is CCCCC(NC(=O)OCC1c2ccccc2-c2ccccc21)C(=O)NOC(C)C(=O)O. The fraction of sp³-hybridized carbons (Fsp3) is 0.375. The maximum absolute atomic E-state index is 12.5. The molecule has 1 aliphatic rings. The van der Waals surface area contributed by atoms with Gasteiger partial charge in [0.2, 0.25) is 0 Å². The van der Waals surface area contributed by atoms with Crippen LogP contribution in [0.3, 0.4) is 0 Å². The van der Waals surface area contributed by atoms with Crippen LogP contribution in [0.5, 0.6) is 0 Å². The quantitative estimate of drug-likeness (QED) is 0.487. The van der Waals surface area contributed by atoms with Crippen LogP contribution in [0.4, 0.5) is 4.79 Å². The number of alkyl carbamates (subject to hydrolysis) is 1. The molecule has 0 spiro atoms. The summed E-state index contributed by atoms with van der Waals surface area (Å²) in [5.74, 6) is -1.92. The standard InChI is InChI=1S/C24H28N2O6/c1-3-4-13-21(22(27)26-32-15(2)23(28)29)25-24(30)31-14-20-18-11-7-5-9-16(18)17-10-6-8-12-19(17)20/h5-12,15,20-21H,3-4,13-14H2,1-2H3,(H,25,30)(H,26,27)(H,28,29). The molecule has 2 amide bonds. The van der Waals surface area contributed by atoms with Gasteiger partial charge in [0.25, 0.3) is 5.91 Å². The molecule has 0 fully saturated rings. The average molecular weight is 440 g/mol. The highest BCUT2D eigenvalue weighted by Crippen LogP contribution is 2.44. The first kappa shape index (κ1) is 23.3. The molecule has 0 aromatic heterocycles. The second-order valence-electron chi connectivity index (χ2n) is 7.73. The number of carboxylic acid groups (broad SMARTS) is 1. The number of carbonyl (C=O) groups excluding carboxylic acids is 2. The van der Waals surface area contributed by atoms with Crippen LogP contribution in [0.2, 0.25) is 0 Å². The number of fused-ring (bicyclic) bond motifs is 3. The van der Waals surface area contributed by atoms with Gasteiger partial charge in [-0.05, 0) is 35.6 Å². The molecule has 2 aromatic rings. The summed E-state index contributed by atoms with van der Waals surface area (Å²) in [5.41, 5.74) is 6.56. The zero-order valence-electron chi connectivity index (χ0n) is 18.2. The number of amides is 2. The van der Waals surface area contributed by atoms with Crippen LogP contribution >= 0.6 is 0 Å². The maximum atomic E-state index is 12.5. The molecule has 0 saturated carbocycles. The number of unbranched alkanes of at least 4 members (excludes halogenated alkanes) is 1. The second kappa shape index (κ2) is 10.8. The number of nitrogens with one attached hydrogen (secondary N) is 2. The first-order valence-electron chi connectivity index (χ1n) is 10.7. The minimum atomic E-state index is -1.21. The number of carbonyl (C=O) groups is 3. The normalized spacial score (nSPS) is 14.1. The fourth-order valence-electron chi connectivity index (χ4n) is 3.73. The van der Waals surface area contributed by atoms with Crippen LogP contribution in [0.1, 0.15) is 50.2 Å². The van der Waals surface area contributed by atoms with Crippen LogP contribution < -0.4 is 10.8 Å². The van der Waals surface area contributed by atoms with E-state index in [2.05, 4.69) is 22.9 Å². The third-order valence-corrected chi connectivity index (χ3v) is 5.48. The van der Waals surface area contributed by atoms with Gasteiger partial charge in [-0.25, -0.2) is 15.1 Å². The van der Waals surface area contributed by atoms with Gasteiger partial charge < -0.3 is 15.2 Å². The number of carboxylic acids is 1. The summed E-state index contributed by atoms with van der Waals surface area (Å²) in [7, 11) is 0. The Morgan fingerprint density at radius 2 is 1.62 bits per heavy atom. The highest BCUT2D eigenvalue weighted by Gasteiger charge is 2.30. The van der Waals surface area contributed by atoms with E-state index in [1.54, 1.807) is 0 Å². The summed E-state index contributed by atoms with van der Waals surface area (Å²) >= 11 is 0. The number of hydrogen-bond acceptors (Lipinski definition) is 5. The van der Waals surface area contributed by atoms with Gasteiger partial charge in [0, 0.05) is 5.92 Å².